The molecule has 0 atom stereocenters. The molecule has 0 unspecified atom stereocenters. The van der Waals surface area contributed by atoms with Crippen molar-refractivity contribution in [3.63, 3.8) is 0 Å². The summed E-state index contributed by atoms with van der Waals surface area (Å²) in [6.07, 6.45) is 3.37. The molecule has 4 heteroatoms. The van der Waals surface area contributed by atoms with Crippen LogP contribution in [0.15, 0.2) is 48.5 Å². The molecule has 0 bridgehead atoms. The van der Waals surface area contributed by atoms with E-state index in [1.807, 2.05) is 53.4 Å². The third kappa shape index (κ3) is 2.11. The fourth-order valence-electron chi connectivity index (χ4n) is 3.14. The smallest absolute Gasteiger partial charge is 0.329 e. The Balaban J connectivity index is 1.78. The van der Waals surface area contributed by atoms with Crippen molar-refractivity contribution < 1.29 is 9.53 Å². The first-order valence-electron chi connectivity index (χ1n) is 7.79. The van der Waals surface area contributed by atoms with E-state index < -0.39 is 0 Å². The number of likely N-dealkylation sites (tertiary alicyclic amines) is 1. The van der Waals surface area contributed by atoms with Crippen molar-refractivity contribution >= 4 is 17.4 Å². The van der Waals surface area contributed by atoms with E-state index in [9.17, 15) is 4.79 Å². The molecule has 0 saturated carbocycles. The van der Waals surface area contributed by atoms with Crippen LogP contribution in [0, 0.1) is 0 Å². The lowest BCUT2D eigenvalue weighted by molar-refractivity contribution is 0.195. The molecule has 4 rings (SSSR count). The van der Waals surface area contributed by atoms with Crippen molar-refractivity contribution in [1.82, 2.24) is 4.90 Å². The highest BCUT2D eigenvalue weighted by Gasteiger charge is 2.32. The molecule has 2 aromatic carbocycles. The van der Waals surface area contributed by atoms with Gasteiger partial charge in [-0.25, -0.2) is 4.79 Å². The zero-order valence-electron chi connectivity index (χ0n) is 12.4. The van der Waals surface area contributed by atoms with Gasteiger partial charge in [0, 0.05) is 13.1 Å². The number of benzene rings is 2. The number of fused-ring (bicyclic) bond motifs is 2. The number of urea groups is 1. The number of para-hydroxylation sites is 4. The summed E-state index contributed by atoms with van der Waals surface area (Å²) in [5.41, 5.74) is 1.63. The number of amides is 2. The molecule has 2 aromatic rings. The van der Waals surface area contributed by atoms with Gasteiger partial charge in [0.2, 0.25) is 0 Å². The van der Waals surface area contributed by atoms with Gasteiger partial charge >= 0.3 is 6.03 Å². The van der Waals surface area contributed by atoms with Crippen molar-refractivity contribution in [2.24, 2.45) is 0 Å². The van der Waals surface area contributed by atoms with Gasteiger partial charge in [-0.05, 0) is 43.5 Å². The number of ether oxygens (including phenoxy) is 1. The summed E-state index contributed by atoms with van der Waals surface area (Å²) in [4.78, 5) is 16.8. The molecule has 1 fully saturated rings. The number of piperidine rings is 1. The Kier molecular flexibility index (Phi) is 3.22. The molecular formula is C18H18N2O2. The molecule has 2 aliphatic rings. The summed E-state index contributed by atoms with van der Waals surface area (Å²) in [5.74, 6) is 1.46. The lowest BCUT2D eigenvalue weighted by Crippen LogP contribution is -2.44. The Morgan fingerprint density at radius 1 is 0.818 bits per heavy atom. The predicted octanol–water partition coefficient (Wildman–Crippen LogP) is 4.54. The molecule has 0 aliphatic carbocycles. The van der Waals surface area contributed by atoms with E-state index in [0.717, 1.165) is 48.8 Å². The molecule has 4 nitrogen and oxygen atoms in total. The average Bonchev–Trinajstić information content (AvgIpc) is 2.60. The van der Waals surface area contributed by atoms with Crippen LogP contribution in [0.25, 0.3) is 0 Å². The summed E-state index contributed by atoms with van der Waals surface area (Å²) in [7, 11) is 0. The number of hydrogen-bond donors (Lipinski definition) is 0. The lowest BCUT2D eigenvalue weighted by atomic mass is 10.1. The zero-order chi connectivity index (χ0) is 14.9. The van der Waals surface area contributed by atoms with Crippen LogP contribution in [-0.2, 0) is 0 Å². The topological polar surface area (TPSA) is 32.8 Å². The second-order valence-corrected chi connectivity index (χ2v) is 5.70. The monoisotopic (exact) mass is 294 g/mol. The van der Waals surface area contributed by atoms with Crippen LogP contribution in [0.2, 0.25) is 0 Å². The number of carbonyl (C=O) groups is 1. The fourth-order valence-corrected chi connectivity index (χ4v) is 3.14. The second kappa shape index (κ2) is 5.37. The Morgan fingerprint density at radius 3 is 1.95 bits per heavy atom. The minimum atomic E-state index is 0.0444. The molecular weight excluding hydrogens is 276 g/mol. The van der Waals surface area contributed by atoms with Crippen molar-refractivity contribution in [1.29, 1.82) is 0 Å². The minimum absolute atomic E-state index is 0.0444. The highest BCUT2D eigenvalue weighted by atomic mass is 16.5. The maximum absolute atomic E-state index is 13.1. The fraction of sp³-hybridized carbons (Fsp3) is 0.278. The quantitative estimate of drug-likeness (QED) is 0.714. The van der Waals surface area contributed by atoms with Gasteiger partial charge in [0.05, 0.1) is 11.4 Å². The molecule has 0 N–H and O–H groups in total. The molecule has 0 aromatic heterocycles. The molecule has 112 valence electrons. The first-order chi connectivity index (χ1) is 10.8. The second-order valence-electron chi connectivity index (χ2n) is 5.70. The SMILES string of the molecule is O=C(N1CCCCC1)N1c2ccccc2Oc2ccccc21. The van der Waals surface area contributed by atoms with Crippen molar-refractivity contribution in [3.05, 3.63) is 48.5 Å². The highest BCUT2D eigenvalue weighted by Crippen LogP contribution is 2.46. The number of carbonyl (C=O) groups excluding carboxylic acids is 1. The molecule has 2 aliphatic heterocycles. The lowest BCUT2D eigenvalue weighted by Gasteiger charge is -2.36. The van der Waals surface area contributed by atoms with Gasteiger partial charge in [0.15, 0.2) is 11.5 Å². The average molecular weight is 294 g/mol. The maximum Gasteiger partial charge on any atom is 0.329 e. The van der Waals surface area contributed by atoms with E-state index >= 15 is 0 Å². The van der Waals surface area contributed by atoms with Gasteiger partial charge in [-0.1, -0.05) is 24.3 Å². The molecule has 2 heterocycles. The summed E-state index contributed by atoms with van der Waals surface area (Å²) in [6, 6.07) is 15.5. The van der Waals surface area contributed by atoms with Gasteiger partial charge in [-0.15, -0.1) is 0 Å². The Labute approximate surface area is 129 Å². The normalized spacial score (nSPS) is 16.5. The van der Waals surface area contributed by atoms with Crippen molar-refractivity contribution in [2.45, 2.75) is 19.3 Å². The zero-order valence-corrected chi connectivity index (χ0v) is 12.4. The van der Waals surface area contributed by atoms with Gasteiger partial charge in [-0.3, -0.25) is 4.90 Å². The number of rotatable bonds is 0. The third-order valence-electron chi connectivity index (χ3n) is 4.25. The van der Waals surface area contributed by atoms with Crippen LogP contribution >= 0.6 is 0 Å². The third-order valence-corrected chi connectivity index (χ3v) is 4.25. The van der Waals surface area contributed by atoms with Gasteiger partial charge in [-0.2, -0.15) is 0 Å². The molecule has 0 spiro atoms. The van der Waals surface area contributed by atoms with Crippen molar-refractivity contribution in [3.8, 4) is 11.5 Å². The van der Waals surface area contributed by atoms with E-state index in [0.29, 0.717) is 0 Å². The first kappa shape index (κ1) is 13.2. The first-order valence-corrected chi connectivity index (χ1v) is 7.79. The van der Waals surface area contributed by atoms with Crippen LogP contribution in [0.5, 0.6) is 11.5 Å². The number of hydrogen-bond acceptors (Lipinski definition) is 2. The van der Waals surface area contributed by atoms with E-state index in [1.54, 1.807) is 4.90 Å². The highest BCUT2D eigenvalue weighted by molar-refractivity contribution is 6.03. The maximum atomic E-state index is 13.1. The Hall–Kier alpha value is -2.49. The van der Waals surface area contributed by atoms with Crippen LogP contribution in [0.1, 0.15) is 19.3 Å². The summed E-state index contributed by atoms with van der Waals surface area (Å²) in [5, 5.41) is 0. The summed E-state index contributed by atoms with van der Waals surface area (Å²) in [6.45, 7) is 1.67. The predicted molar refractivity (Wildman–Crippen MR) is 85.9 cm³/mol. The van der Waals surface area contributed by atoms with Crippen molar-refractivity contribution in [2.75, 3.05) is 18.0 Å². The van der Waals surface area contributed by atoms with E-state index in [1.165, 1.54) is 6.42 Å². The Morgan fingerprint density at radius 2 is 1.36 bits per heavy atom. The van der Waals surface area contributed by atoms with E-state index in [-0.39, 0.29) is 6.03 Å². The minimum Gasteiger partial charge on any atom is -0.453 e. The van der Waals surface area contributed by atoms with Crippen LogP contribution in [-0.4, -0.2) is 24.0 Å². The van der Waals surface area contributed by atoms with Crippen LogP contribution < -0.4 is 9.64 Å². The largest absolute Gasteiger partial charge is 0.453 e. The van der Waals surface area contributed by atoms with Gasteiger partial charge in [0.1, 0.15) is 0 Å². The van der Waals surface area contributed by atoms with Gasteiger partial charge < -0.3 is 9.64 Å². The summed E-state index contributed by atoms with van der Waals surface area (Å²) < 4.78 is 5.93. The van der Waals surface area contributed by atoms with E-state index in [4.69, 9.17) is 4.74 Å². The summed E-state index contributed by atoms with van der Waals surface area (Å²) >= 11 is 0. The van der Waals surface area contributed by atoms with Crippen LogP contribution in [0.4, 0.5) is 16.2 Å². The molecule has 1 saturated heterocycles. The van der Waals surface area contributed by atoms with E-state index in [2.05, 4.69) is 0 Å². The van der Waals surface area contributed by atoms with Gasteiger partial charge in [0.25, 0.3) is 0 Å². The molecule has 2 amide bonds. The number of anilines is 2. The Bertz CT molecular complexity index is 662. The molecule has 0 radical (unpaired) electrons. The molecule has 22 heavy (non-hydrogen) atoms. The number of nitrogens with zero attached hydrogens (tertiary/aromatic N) is 2. The standard InChI is InChI=1S/C18H18N2O2/c21-18(19-12-6-1-7-13-19)20-14-8-2-4-10-16(14)22-17-11-5-3-9-15(17)20/h2-5,8-11H,1,6-7,12-13H2. The van der Waals surface area contributed by atoms with Crippen LogP contribution in [0.3, 0.4) is 0 Å².